The lowest BCUT2D eigenvalue weighted by atomic mass is 10.3. The predicted molar refractivity (Wildman–Crippen MR) is 72.5 cm³/mol. The van der Waals surface area contributed by atoms with Crippen molar-refractivity contribution in [1.82, 2.24) is 24.9 Å². The van der Waals surface area contributed by atoms with Crippen LogP contribution in [0.25, 0.3) is 5.65 Å². The minimum atomic E-state index is 0.667. The summed E-state index contributed by atoms with van der Waals surface area (Å²) in [6.45, 7) is 3.43. The first-order valence-corrected chi connectivity index (χ1v) is 6.24. The molecule has 5 nitrogen and oxygen atoms in total. The summed E-state index contributed by atoms with van der Waals surface area (Å²) < 4.78 is 1.98. The van der Waals surface area contributed by atoms with E-state index in [1.165, 1.54) is 5.56 Å². The van der Waals surface area contributed by atoms with Gasteiger partial charge in [0.25, 0.3) is 0 Å². The number of hydrogen-bond donors (Lipinski definition) is 1. The topological polar surface area (TPSA) is 55.1 Å². The fourth-order valence-electron chi connectivity index (χ4n) is 1.92. The first-order valence-electron chi connectivity index (χ1n) is 6.24. The Morgan fingerprint density at radius 2 is 2.05 bits per heavy atom. The Morgan fingerprint density at radius 3 is 2.89 bits per heavy atom. The van der Waals surface area contributed by atoms with Crippen molar-refractivity contribution in [2.75, 3.05) is 0 Å². The van der Waals surface area contributed by atoms with Crippen molar-refractivity contribution in [2.45, 2.75) is 20.0 Å². The van der Waals surface area contributed by atoms with E-state index in [4.69, 9.17) is 0 Å². The van der Waals surface area contributed by atoms with Crippen LogP contribution in [-0.2, 0) is 13.1 Å². The second kappa shape index (κ2) is 5.16. The van der Waals surface area contributed by atoms with Crippen LogP contribution in [0.5, 0.6) is 0 Å². The van der Waals surface area contributed by atoms with Crippen LogP contribution in [0.15, 0.2) is 42.7 Å². The quantitative estimate of drug-likeness (QED) is 0.769. The summed E-state index contributed by atoms with van der Waals surface area (Å²) in [5.74, 6) is 0.905. The monoisotopic (exact) mass is 253 g/mol. The number of nitrogens with one attached hydrogen (secondary N) is 1. The Bertz CT molecular complexity index is 672. The van der Waals surface area contributed by atoms with Gasteiger partial charge in [-0.15, -0.1) is 10.2 Å². The molecule has 0 saturated carbocycles. The molecule has 0 atom stereocenters. The lowest BCUT2D eigenvalue weighted by molar-refractivity contribution is 0.646. The summed E-state index contributed by atoms with van der Waals surface area (Å²) >= 11 is 0. The van der Waals surface area contributed by atoms with Crippen LogP contribution >= 0.6 is 0 Å². The van der Waals surface area contributed by atoms with Crippen molar-refractivity contribution < 1.29 is 0 Å². The summed E-state index contributed by atoms with van der Waals surface area (Å²) in [6, 6.07) is 9.97. The molecule has 96 valence electrons. The number of aryl methyl sites for hydroxylation is 1. The Labute approximate surface area is 111 Å². The van der Waals surface area contributed by atoms with Crippen molar-refractivity contribution in [3.8, 4) is 0 Å². The number of rotatable bonds is 4. The Hall–Kier alpha value is -2.27. The van der Waals surface area contributed by atoms with Crippen LogP contribution in [0.2, 0.25) is 0 Å². The van der Waals surface area contributed by atoms with Crippen LogP contribution in [0.3, 0.4) is 0 Å². The molecule has 1 N–H and O–H groups in total. The fraction of sp³-hybridized carbons (Fsp3) is 0.214. The van der Waals surface area contributed by atoms with Gasteiger partial charge in [0.05, 0.1) is 12.2 Å². The van der Waals surface area contributed by atoms with E-state index in [1.54, 1.807) is 0 Å². The van der Waals surface area contributed by atoms with Gasteiger partial charge in [0.2, 0.25) is 0 Å². The van der Waals surface area contributed by atoms with Gasteiger partial charge in [0.15, 0.2) is 11.5 Å². The van der Waals surface area contributed by atoms with E-state index >= 15 is 0 Å². The van der Waals surface area contributed by atoms with Gasteiger partial charge in [-0.2, -0.15) is 0 Å². The zero-order valence-corrected chi connectivity index (χ0v) is 10.7. The molecular weight excluding hydrogens is 238 g/mol. The van der Waals surface area contributed by atoms with Crippen LogP contribution in [0.4, 0.5) is 0 Å². The summed E-state index contributed by atoms with van der Waals surface area (Å²) in [6.07, 6.45) is 3.85. The first kappa shape index (κ1) is 11.8. The highest BCUT2D eigenvalue weighted by atomic mass is 15.3. The SMILES string of the molecule is Cc1ccc(CNCc2nnc3ccccn23)nc1. The Balaban J connectivity index is 1.65. The highest BCUT2D eigenvalue weighted by Crippen LogP contribution is 2.03. The standard InChI is InChI=1S/C14H15N5/c1-11-5-6-12(16-8-11)9-15-10-14-18-17-13-4-2-3-7-19(13)14/h2-8,15H,9-10H2,1H3. The van der Waals surface area contributed by atoms with Crippen LogP contribution in [-0.4, -0.2) is 19.6 Å². The zero-order valence-electron chi connectivity index (χ0n) is 10.7. The van der Waals surface area contributed by atoms with Gasteiger partial charge in [-0.05, 0) is 30.7 Å². The molecule has 0 saturated heterocycles. The van der Waals surface area contributed by atoms with Crippen molar-refractivity contribution in [3.63, 3.8) is 0 Å². The van der Waals surface area contributed by atoms with E-state index in [-0.39, 0.29) is 0 Å². The molecule has 0 spiro atoms. The summed E-state index contributed by atoms with van der Waals surface area (Å²) in [4.78, 5) is 4.35. The molecule has 0 aliphatic rings. The average Bonchev–Trinajstić information content (AvgIpc) is 2.85. The normalized spacial score (nSPS) is 11.0. The molecule has 3 heterocycles. The molecule has 3 aromatic heterocycles. The first-order chi connectivity index (χ1) is 9.33. The van der Waals surface area contributed by atoms with Crippen molar-refractivity contribution in [3.05, 3.63) is 59.8 Å². The van der Waals surface area contributed by atoms with E-state index in [2.05, 4.69) is 26.6 Å². The molecule has 3 aromatic rings. The number of fused-ring (bicyclic) bond motifs is 1. The van der Waals surface area contributed by atoms with E-state index in [0.717, 1.165) is 23.7 Å². The van der Waals surface area contributed by atoms with E-state index in [9.17, 15) is 0 Å². The third-order valence-corrected chi connectivity index (χ3v) is 2.95. The van der Waals surface area contributed by atoms with Gasteiger partial charge >= 0.3 is 0 Å². The second-order valence-electron chi connectivity index (χ2n) is 4.48. The molecule has 5 heteroatoms. The molecule has 0 aromatic carbocycles. The molecular formula is C14H15N5. The van der Waals surface area contributed by atoms with Crippen molar-refractivity contribution in [2.24, 2.45) is 0 Å². The van der Waals surface area contributed by atoms with E-state index in [0.29, 0.717) is 6.54 Å². The van der Waals surface area contributed by atoms with Crippen molar-refractivity contribution >= 4 is 5.65 Å². The number of pyridine rings is 2. The number of hydrogen-bond acceptors (Lipinski definition) is 4. The third-order valence-electron chi connectivity index (χ3n) is 2.95. The average molecular weight is 253 g/mol. The molecule has 0 aliphatic carbocycles. The molecule has 0 radical (unpaired) electrons. The highest BCUT2D eigenvalue weighted by Gasteiger charge is 2.03. The van der Waals surface area contributed by atoms with Crippen LogP contribution in [0, 0.1) is 6.92 Å². The smallest absolute Gasteiger partial charge is 0.160 e. The van der Waals surface area contributed by atoms with Gasteiger partial charge in [-0.25, -0.2) is 0 Å². The van der Waals surface area contributed by atoms with Gasteiger partial charge in [-0.1, -0.05) is 12.1 Å². The summed E-state index contributed by atoms with van der Waals surface area (Å²) in [7, 11) is 0. The van der Waals surface area contributed by atoms with Gasteiger partial charge < -0.3 is 5.32 Å². The maximum atomic E-state index is 4.35. The second-order valence-corrected chi connectivity index (χ2v) is 4.48. The molecule has 0 bridgehead atoms. The summed E-state index contributed by atoms with van der Waals surface area (Å²) in [5, 5.41) is 11.6. The predicted octanol–water partition coefficient (Wildman–Crippen LogP) is 1.72. The number of nitrogens with zero attached hydrogens (tertiary/aromatic N) is 4. The van der Waals surface area contributed by atoms with Crippen molar-refractivity contribution in [1.29, 1.82) is 0 Å². The van der Waals surface area contributed by atoms with Gasteiger partial charge in [0, 0.05) is 18.9 Å². The molecule has 3 rings (SSSR count). The Kier molecular flexibility index (Phi) is 3.20. The fourth-order valence-corrected chi connectivity index (χ4v) is 1.92. The lowest BCUT2D eigenvalue weighted by Gasteiger charge is -2.03. The minimum absolute atomic E-state index is 0.667. The number of aromatic nitrogens is 4. The maximum Gasteiger partial charge on any atom is 0.160 e. The zero-order chi connectivity index (χ0) is 13.1. The van der Waals surface area contributed by atoms with Gasteiger partial charge in [-0.3, -0.25) is 9.38 Å². The van der Waals surface area contributed by atoms with Crippen LogP contribution in [0.1, 0.15) is 17.1 Å². The highest BCUT2D eigenvalue weighted by molar-refractivity contribution is 5.36. The van der Waals surface area contributed by atoms with Gasteiger partial charge in [0.1, 0.15) is 0 Å². The third kappa shape index (κ3) is 2.61. The molecule has 0 fully saturated rings. The van der Waals surface area contributed by atoms with E-state index in [1.807, 2.05) is 48.0 Å². The molecule has 0 amide bonds. The van der Waals surface area contributed by atoms with Crippen LogP contribution < -0.4 is 5.32 Å². The molecule has 0 aliphatic heterocycles. The lowest BCUT2D eigenvalue weighted by Crippen LogP contribution is -2.15. The Morgan fingerprint density at radius 1 is 1.11 bits per heavy atom. The summed E-state index contributed by atoms with van der Waals surface area (Å²) in [5.41, 5.74) is 3.07. The minimum Gasteiger partial charge on any atom is -0.304 e. The largest absolute Gasteiger partial charge is 0.304 e. The molecule has 19 heavy (non-hydrogen) atoms. The maximum absolute atomic E-state index is 4.35. The van der Waals surface area contributed by atoms with E-state index < -0.39 is 0 Å². The molecule has 0 unspecified atom stereocenters.